The summed E-state index contributed by atoms with van der Waals surface area (Å²) in [5.74, 6) is -1.82. The fraction of sp³-hybridized carbons (Fsp3) is 0.381. The number of carbonyl (C=O) groups is 5. The second-order valence-corrected chi connectivity index (χ2v) is 6.81. The lowest BCUT2D eigenvalue weighted by atomic mass is 10.1. The van der Waals surface area contributed by atoms with Crippen molar-refractivity contribution in [3.05, 3.63) is 35.4 Å². The van der Waals surface area contributed by atoms with Gasteiger partial charge in [-0.2, -0.15) is 0 Å². The predicted molar refractivity (Wildman–Crippen MR) is 112 cm³/mol. The molecule has 6 N–H and O–H groups in total. The number of hydrogen-bond donors (Lipinski definition) is 6. The lowest BCUT2D eigenvalue weighted by Gasteiger charge is -2.18. The summed E-state index contributed by atoms with van der Waals surface area (Å²) in [5, 5.41) is 33.8. The first-order chi connectivity index (χ1) is 15.1. The van der Waals surface area contributed by atoms with Crippen LogP contribution in [0, 0.1) is 12.3 Å². The average molecular weight is 447 g/mol. The summed E-state index contributed by atoms with van der Waals surface area (Å²) in [6, 6.07) is 2.68. The van der Waals surface area contributed by atoms with E-state index in [0.29, 0.717) is 24.0 Å². The molecule has 0 saturated carbocycles. The number of aliphatic carboxylic acids is 3. The van der Waals surface area contributed by atoms with E-state index in [9.17, 15) is 29.1 Å². The Labute approximate surface area is 184 Å². The van der Waals surface area contributed by atoms with Crippen LogP contribution >= 0.6 is 0 Å². The summed E-state index contributed by atoms with van der Waals surface area (Å²) in [5.41, 5.74) is 1.08. The number of amides is 3. The van der Waals surface area contributed by atoms with E-state index in [2.05, 4.69) is 21.9 Å². The fourth-order valence-corrected chi connectivity index (χ4v) is 2.64. The maximum atomic E-state index is 12.0. The SMILES string of the molecule is C#Cc1ccc(C(=O)NCCCC[C@H](NC(=O)N[C@@H](CCC(=O)O)C(=O)O)C(=O)O)cc1. The Morgan fingerprint density at radius 3 is 1.94 bits per heavy atom. The highest BCUT2D eigenvalue weighted by molar-refractivity contribution is 5.94. The van der Waals surface area contributed by atoms with Gasteiger partial charge in [-0.3, -0.25) is 9.59 Å². The Morgan fingerprint density at radius 2 is 1.44 bits per heavy atom. The number of hydrogen-bond acceptors (Lipinski definition) is 5. The third-order valence-corrected chi connectivity index (χ3v) is 4.37. The number of unbranched alkanes of at least 4 members (excludes halogenated alkanes) is 1. The lowest BCUT2D eigenvalue weighted by Crippen LogP contribution is -2.51. The molecule has 0 fully saturated rings. The van der Waals surface area contributed by atoms with Crippen LogP contribution in [0.2, 0.25) is 0 Å². The summed E-state index contributed by atoms with van der Waals surface area (Å²) < 4.78 is 0. The normalized spacial score (nSPS) is 12.0. The molecule has 0 radical (unpaired) electrons. The van der Waals surface area contributed by atoms with E-state index in [4.69, 9.17) is 16.6 Å². The van der Waals surface area contributed by atoms with Crippen LogP contribution in [-0.4, -0.2) is 63.8 Å². The smallest absolute Gasteiger partial charge is 0.326 e. The molecule has 1 aromatic rings. The van der Waals surface area contributed by atoms with Crippen molar-refractivity contribution in [1.82, 2.24) is 16.0 Å². The van der Waals surface area contributed by atoms with E-state index in [1.807, 2.05) is 0 Å². The largest absolute Gasteiger partial charge is 0.481 e. The molecule has 1 rings (SSSR count). The summed E-state index contributed by atoms with van der Waals surface area (Å²) in [6.07, 6.45) is 5.28. The van der Waals surface area contributed by atoms with Crippen LogP contribution in [0.4, 0.5) is 4.79 Å². The molecule has 0 bridgehead atoms. The number of urea groups is 1. The van der Waals surface area contributed by atoms with Crippen LogP contribution in [0.1, 0.15) is 48.0 Å². The van der Waals surface area contributed by atoms with Crippen LogP contribution in [0.3, 0.4) is 0 Å². The van der Waals surface area contributed by atoms with Crippen molar-refractivity contribution in [2.45, 2.75) is 44.2 Å². The zero-order chi connectivity index (χ0) is 24.1. The molecule has 0 spiro atoms. The van der Waals surface area contributed by atoms with Gasteiger partial charge in [0, 0.05) is 24.1 Å². The molecule has 2 atom stereocenters. The molecule has 11 heteroatoms. The molecule has 0 aromatic heterocycles. The van der Waals surface area contributed by atoms with Crippen LogP contribution in [0.15, 0.2) is 24.3 Å². The van der Waals surface area contributed by atoms with Gasteiger partial charge in [0.05, 0.1) is 0 Å². The Morgan fingerprint density at radius 1 is 0.875 bits per heavy atom. The number of carboxylic acid groups (broad SMARTS) is 3. The van der Waals surface area contributed by atoms with Crippen molar-refractivity contribution < 1.29 is 39.3 Å². The van der Waals surface area contributed by atoms with E-state index in [-0.39, 0.29) is 25.3 Å². The Kier molecular flexibility index (Phi) is 10.8. The van der Waals surface area contributed by atoms with Crippen LogP contribution in [-0.2, 0) is 14.4 Å². The van der Waals surface area contributed by atoms with Gasteiger partial charge in [0.15, 0.2) is 0 Å². The minimum absolute atomic E-state index is 0.0440. The topological polar surface area (TPSA) is 182 Å². The number of rotatable bonds is 13. The van der Waals surface area contributed by atoms with Crippen molar-refractivity contribution in [1.29, 1.82) is 0 Å². The third kappa shape index (κ3) is 9.62. The van der Waals surface area contributed by atoms with E-state index in [0.717, 1.165) is 0 Å². The van der Waals surface area contributed by atoms with Gasteiger partial charge in [0.1, 0.15) is 12.1 Å². The second kappa shape index (κ2) is 13.3. The second-order valence-electron chi connectivity index (χ2n) is 6.81. The molecule has 0 aliphatic rings. The van der Waals surface area contributed by atoms with Gasteiger partial charge < -0.3 is 31.3 Å². The van der Waals surface area contributed by atoms with Gasteiger partial charge in [-0.15, -0.1) is 6.42 Å². The van der Waals surface area contributed by atoms with E-state index in [1.54, 1.807) is 24.3 Å². The molecule has 3 amide bonds. The monoisotopic (exact) mass is 447 g/mol. The molecule has 0 aliphatic carbocycles. The molecule has 0 unspecified atom stereocenters. The quantitative estimate of drug-likeness (QED) is 0.188. The van der Waals surface area contributed by atoms with Crippen molar-refractivity contribution >= 4 is 29.8 Å². The van der Waals surface area contributed by atoms with Crippen molar-refractivity contribution in [2.75, 3.05) is 6.54 Å². The maximum absolute atomic E-state index is 12.0. The first-order valence-corrected chi connectivity index (χ1v) is 9.73. The summed E-state index contributed by atoms with van der Waals surface area (Å²) >= 11 is 0. The minimum Gasteiger partial charge on any atom is -0.481 e. The number of terminal acetylenes is 1. The van der Waals surface area contributed by atoms with Gasteiger partial charge in [0.25, 0.3) is 5.91 Å². The maximum Gasteiger partial charge on any atom is 0.326 e. The summed E-state index contributed by atoms with van der Waals surface area (Å²) in [6.45, 7) is 0.282. The number of benzene rings is 1. The Bertz CT molecular complexity index is 876. The highest BCUT2D eigenvalue weighted by Gasteiger charge is 2.24. The van der Waals surface area contributed by atoms with Gasteiger partial charge in [0.2, 0.25) is 0 Å². The summed E-state index contributed by atoms with van der Waals surface area (Å²) in [4.78, 5) is 57.0. The molecular weight excluding hydrogens is 422 g/mol. The molecule has 11 nitrogen and oxygen atoms in total. The zero-order valence-corrected chi connectivity index (χ0v) is 17.2. The van der Waals surface area contributed by atoms with Crippen LogP contribution < -0.4 is 16.0 Å². The van der Waals surface area contributed by atoms with Crippen molar-refractivity contribution in [3.8, 4) is 12.3 Å². The molecule has 0 aliphatic heterocycles. The van der Waals surface area contributed by atoms with Gasteiger partial charge >= 0.3 is 23.9 Å². The minimum atomic E-state index is -1.47. The van der Waals surface area contributed by atoms with Crippen LogP contribution in [0.25, 0.3) is 0 Å². The molecule has 0 saturated heterocycles. The first-order valence-electron chi connectivity index (χ1n) is 9.73. The molecule has 1 aromatic carbocycles. The molecule has 0 heterocycles. The zero-order valence-electron chi connectivity index (χ0n) is 17.2. The van der Waals surface area contributed by atoms with E-state index >= 15 is 0 Å². The Hall–Kier alpha value is -4.07. The number of carboxylic acids is 3. The Balaban J connectivity index is 2.42. The molecular formula is C21H25N3O8. The van der Waals surface area contributed by atoms with Gasteiger partial charge in [-0.1, -0.05) is 5.92 Å². The number of nitrogens with one attached hydrogen (secondary N) is 3. The van der Waals surface area contributed by atoms with Crippen molar-refractivity contribution in [2.24, 2.45) is 0 Å². The first kappa shape index (κ1) is 26.0. The van der Waals surface area contributed by atoms with Gasteiger partial charge in [-0.05, 0) is 49.9 Å². The summed E-state index contributed by atoms with van der Waals surface area (Å²) in [7, 11) is 0. The lowest BCUT2D eigenvalue weighted by molar-refractivity contribution is -0.140. The van der Waals surface area contributed by atoms with E-state index in [1.165, 1.54) is 0 Å². The third-order valence-electron chi connectivity index (χ3n) is 4.37. The molecule has 32 heavy (non-hydrogen) atoms. The van der Waals surface area contributed by atoms with Crippen molar-refractivity contribution in [3.63, 3.8) is 0 Å². The fourth-order valence-electron chi connectivity index (χ4n) is 2.64. The number of carbonyl (C=O) groups excluding carboxylic acids is 2. The predicted octanol–water partition coefficient (Wildman–Crippen LogP) is 0.638. The average Bonchev–Trinajstić information content (AvgIpc) is 2.74. The van der Waals surface area contributed by atoms with E-state index < -0.39 is 42.4 Å². The highest BCUT2D eigenvalue weighted by Crippen LogP contribution is 2.05. The van der Waals surface area contributed by atoms with Gasteiger partial charge in [-0.25, -0.2) is 14.4 Å². The standard InChI is InChI=1S/C21H25N3O8/c1-2-13-6-8-14(9-7-13)18(27)22-12-4-3-5-15(19(28)29)23-21(32)24-16(20(30)31)10-11-17(25)26/h1,6-9,15-16H,3-5,10-12H2,(H,22,27)(H,25,26)(H,28,29)(H,30,31)(H2,23,24,32)/t15-,16-/m0/s1. The molecule has 172 valence electrons. The highest BCUT2D eigenvalue weighted by atomic mass is 16.4. The van der Waals surface area contributed by atoms with Crippen LogP contribution in [0.5, 0.6) is 0 Å².